The van der Waals surface area contributed by atoms with Crippen molar-refractivity contribution in [3.05, 3.63) is 36.4 Å². The summed E-state index contributed by atoms with van der Waals surface area (Å²) in [6, 6.07) is 10.6. The first-order valence-electron chi connectivity index (χ1n) is 6.96. The van der Waals surface area contributed by atoms with Gasteiger partial charge in [-0.2, -0.15) is 11.8 Å². The number of anilines is 1. The lowest BCUT2D eigenvalue weighted by molar-refractivity contribution is 0.580. The molecule has 1 aliphatic heterocycles. The lowest BCUT2D eigenvalue weighted by Gasteiger charge is -2.12. The van der Waals surface area contributed by atoms with E-state index in [2.05, 4.69) is 4.72 Å². The van der Waals surface area contributed by atoms with Crippen LogP contribution in [-0.4, -0.2) is 26.0 Å². The Morgan fingerprint density at radius 2 is 2.14 bits per heavy atom. The summed E-state index contributed by atoms with van der Waals surface area (Å²) in [5.41, 5.74) is 6.39. The van der Waals surface area contributed by atoms with Gasteiger partial charge in [-0.15, -0.1) is 0 Å². The second-order valence-electron chi connectivity index (χ2n) is 5.22. The highest BCUT2D eigenvalue weighted by molar-refractivity contribution is 8.00. The monoisotopic (exact) mass is 322 g/mol. The van der Waals surface area contributed by atoms with Crippen LogP contribution in [0.5, 0.6) is 0 Å². The number of hydrogen-bond donors (Lipinski definition) is 2. The van der Waals surface area contributed by atoms with Crippen LogP contribution in [0, 0.1) is 0 Å². The molecule has 112 valence electrons. The number of thioether (sulfide) groups is 1. The van der Waals surface area contributed by atoms with Gasteiger partial charge in [-0.05, 0) is 42.2 Å². The maximum atomic E-state index is 12.5. The molecule has 0 spiro atoms. The molecule has 0 aromatic heterocycles. The van der Waals surface area contributed by atoms with Gasteiger partial charge in [-0.25, -0.2) is 13.1 Å². The van der Waals surface area contributed by atoms with Gasteiger partial charge in [0.15, 0.2) is 0 Å². The molecule has 1 saturated heterocycles. The van der Waals surface area contributed by atoms with Gasteiger partial charge in [0.25, 0.3) is 0 Å². The average molecular weight is 322 g/mol. The molecule has 1 aliphatic rings. The lowest BCUT2D eigenvalue weighted by atomic mass is 10.1. The standard InChI is InChI=1S/C15H18N2O2S2/c16-12-6-7-14-11(9-12)3-1-5-15(14)21(18,19)17-10-13-4-2-8-20-13/h1,3,5-7,9,13,17H,2,4,8,10,16H2. The molecule has 3 rings (SSSR count). The van der Waals surface area contributed by atoms with Crippen molar-refractivity contribution >= 4 is 38.2 Å². The largest absolute Gasteiger partial charge is 0.399 e. The summed E-state index contributed by atoms with van der Waals surface area (Å²) in [6.45, 7) is 0.498. The van der Waals surface area contributed by atoms with Gasteiger partial charge in [-0.1, -0.05) is 18.2 Å². The van der Waals surface area contributed by atoms with E-state index < -0.39 is 10.0 Å². The zero-order chi connectivity index (χ0) is 14.9. The Morgan fingerprint density at radius 1 is 1.29 bits per heavy atom. The van der Waals surface area contributed by atoms with Gasteiger partial charge < -0.3 is 5.73 Å². The van der Waals surface area contributed by atoms with E-state index in [-0.39, 0.29) is 0 Å². The first kappa shape index (κ1) is 14.7. The molecule has 3 N–H and O–H groups in total. The second kappa shape index (κ2) is 5.87. The molecule has 0 aliphatic carbocycles. The Labute approximate surface area is 129 Å². The highest BCUT2D eigenvalue weighted by Gasteiger charge is 2.21. The van der Waals surface area contributed by atoms with Crippen molar-refractivity contribution < 1.29 is 8.42 Å². The molecular formula is C15H18N2O2S2. The molecule has 4 nitrogen and oxygen atoms in total. The molecule has 0 saturated carbocycles. The number of sulfonamides is 1. The average Bonchev–Trinajstić information content (AvgIpc) is 2.97. The summed E-state index contributed by atoms with van der Waals surface area (Å²) < 4.78 is 27.8. The zero-order valence-electron chi connectivity index (χ0n) is 11.6. The van der Waals surface area contributed by atoms with Crippen LogP contribution in [0.4, 0.5) is 5.69 Å². The van der Waals surface area contributed by atoms with Crippen LogP contribution >= 0.6 is 11.8 Å². The molecule has 1 fully saturated rings. The van der Waals surface area contributed by atoms with Crippen LogP contribution in [0.3, 0.4) is 0 Å². The highest BCUT2D eigenvalue weighted by atomic mass is 32.2. The number of rotatable bonds is 4. The predicted octanol–water partition coefficient (Wildman–Crippen LogP) is 2.60. The van der Waals surface area contributed by atoms with Crippen molar-refractivity contribution in [2.45, 2.75) is 23.0 Å². The maximum absolute atomic E-state index is 12.5. The Balaban J connectivity index is 1.91. The number of benzene rings is 2. The van der Waals surface area contributed by atoms with Crippen molar-refractivity contribution in [1.29, 1.82) is 0 Å². The molecule has 0 amide bonds. The first-order chi connectivity index (χ1) is 10.1. The second-order valence-corrected chi connectivity index (χ2v) is 8.37. The fourth-order valence-electron chi connectivity index (χ4n) is 2.59. The summed E-state index contributed by atoms with van der Waals surface area (Å²) in [4.78, 5) is 0.322. The van der Waals surface area contributed by atoms with Gasteiger partial charge in [0, 0.05) is 22.9 Å². The minimum Gasteiger partial charge on any atom is -0.399 e. The predicted molar refractivity (Wildman–Crippen MR) is 89.0 cm³/mol. The molecule has 0 bridgehead atoms. The van der Waals surface area contributed by atoms with Gasteiger partial charge in [0.1, 0.15) is 0 Å². The third-order valence-corrected chi connectivity index (χ3v) is 6.56. The topological polar surface area (TPSA) is 72.2 Å². The van der Waals surface area contributed by atoms with Crippen LogP contribution in [0.15, 0.2) is 41.3 Å². The third-order valence-electron chi connectivity index (χ3n) is 3.68. The van der Waals surface area contributed by atoms with E-state index in [9.17, 15) is 8.42 Å². The van der Waals surface area contributed by atoms with E-state index in [1.807, 2.05) is 17.8 Å². The van der Waals surface area contributed by atoms with Gasteiger partial charge >= 0.3 is 0 Å². The van der Waals surface area contributed by atoms with Crippen molar-refractivity contribution in [3.8, 4) is 0 Å². The van der Waals surface area contributed by atoms with E-state index in [4.69, 9.17) is 5.73 Å². The fraction of sp³-hybridized carbons (Fsp3) is 0.333. The van der Waals surface area contributed by atoms with E-state index in [0.29, 0.717) is 27.8 Å². The SMILES string of the molecule is Nc1ccc2c(S(=O)(=O)NCC3CCCS3)cccc2c1. The molecule has 21 heavy (non-hydrogen) atoms. The maximum Gasteiger partial charge on any atom is 0.241 e. The molecule has 0 radical (unpaired) electrons. The molecule has 2 aromatic carbocycles. The Morgan fingerprint density at radius 3 is 2.90 bits per heavy atom. The van der Waals surface area contributed by atoms with Gasteiger partial charge in [-0.3, -0.25) is 0 Å². The Hall–Kier alpha value is -1.24. The van der Waals surface area contributed by atoms with Crippen molar-refractivity contribution in [1.82, 2.24) is 4.72 Å². The van der Waals surface area contributed by atoms with Crippen LogP contribution in [0.25, 0.3) is 10.8 Å². The normalized spacial score (nSPS) is 19.1. The number of nitrogen functional groups attached to an aromatic ring is 1. The summed E-state index contributed by atoms with van der Waals surface area (Å²) in [6.07, 6.45) is 2.25. The lowest BCUT2D eigenvalue weighted by Crippen LogP contribution is -2.30. The van der Waals surface area contributed by atoms with Gasteiger partial charge in [0.05, 0.1) is 4.90 Å². The third kappa shape index (κ3) is 3.17. The van der Waals surface area contributed by atoms with Crippen LogP contribution in [-0.2, 0) is 10.0 Å². The van der Waals surface area contributed by atoms with Crippen LogP contribution in [0.1, 0.15) is 12.8 Å². The van der Waals surface area contributed by atoms with E-state index in [1.165, 1.54) is 6.42 Å². The highest BCUT2D eigenvalue weighted by Crippen LogP contribution is 2.27. The van der Waals surface area contributed by atoms with E-state index >= 15 is 0 Å². The fourth-order valence-corrected chi connectivity index (χ4v) is 5.21. The summed E-state index contributed by atoms with van der Waals surface area (Å²) >= 11 is 1.84. The number of nitrogens with one attached hydrogen (secondary N) is 1. The smallest absolute Gasteiger partial charge is 0.241 e. The summed E-state index contributed by atoms with van der Waals surface area (Å²) in [5.74, 6) is 1.12. The molecule has 1 unspecified atom stereocenters. The number of nitrogens with two attached hydrogens (primary N) is 1. The minimum atomic E-state index is -3.49. The van der Waals surface area contributed by atoms with Crippen molar-refractivity contribution in [2.24, 2.45) is 0 Å². The Kier molecular flexibility index (Phi) is 4.10. The minimum absolute atomic E-state index is 0.322. The van der Waals surface area contributed by atoms with E-state index in [0.717, 1.165) is 17.6 Å². The molecule has 1 heterocycles. The van der Waals surface area contributed by atoms with Crippen molar-refractivity contribution in [3.63, 3.8) is 0 Å². The Bertz CT molecular complexity index is 753. The quantitative estimate of drug-likeness (QED) is 0.849. The molecule has 2 aromatic rings. The summed E-state index contributed by atoms with van der Waals surface area (Å²) in [7, 11) is -3.49. The number of fused-ring (bicyclic) bond motifs is 1. The van der Waals surface area contributed by atoms with Crippen molar-refractivity contribution in [2.75, 3.05) is 18.0 Å². The number of hydrogen-bond acceptors (Lipinski definition) is 4. The van der Waals surface area contributed by atoms with Crippen LogP contribution < -0.4 is 10.5 Å². The first-order valence-corrected chi connectivity index (χ1v) is 9.49. The van der Waals surface area contributed by atoms with Gasteiger partial charge in [0.2, 0.25) is 10.0 Å². The molecule has 6 heteroatoms. The summed E-state index contributed by atoms with van der Waals surface area (Å²) in [5, 5.41) is 1.94. The van der Waals surface area contributed by atoms with Crippen LogP contribution in [0.2, 0.25) is 0 Å². The zero-order valence-corrected chi connectivity index (χ0v) is 13.2. The molecule has 1 atom stereocenters. The van der Waals surface area contributed by atoms with E-state index in [1.54, 1.807) is 30.3 Å². The molecular weight excluding hydrogens is 304 g/mol.